The van der Waals surface area contributed by atoms with Crippen molar-refractivity contribution in [3.05, 3.63) is 51.7 Å². The fraction of sp³-hybridized carbons (Fsp3) is 0.400. The number of aryl methyl sites for hydroxylation is 1. The van der Waals surface area contributed by atoms with Gasteiger partial charge in [0.25, 0.3) is 5.91 Å². The van der Waals surface area contributed by atoms with Gasteiger partial charge >= 0.3 is 0 Å². The zero-order valence-electron chi connectivity index (χ0n) is 14.2. The lowest BCUT2D eigenvalue weighted by Crippen LogP contribution is -2.27. The van der Waals surface area contributed by atoms with Gasteiger partial charge in [-0.3, -0.25) is 9.59 Å². The summed E-state index contributed by atoms with van der Waals surface area (Å²) < 4.78 is 0. The minimum atomic E-state index is -0.0166. The third-order valence-electron chi connectivity index (χ3n) is 5.10. The maximum Gasteiger partial charge on any atom is 0.263 e. The molecule has 2 aliphatic rings. The number of para-hydroxylation sites is 1. The number of rotatable bonds is 3. The zero-order valence-corrected chi connectivity index (χ0v) is 15.0. The smallest absolute Gasteiger partial charge is 0.263 e. The summed E-state index contributed by atoms with van der Waals surface area (Å²) in [7, 11) is 0. The second-order valence-corrected chi connectivity index (χ2v) is 7.99. The molecule has 0 spiro atoms. The number of hydrogen-bond donors (Lipinski definition) is 1. The fourth-order valence-corrected chi connectivity index (χ4v) is 4.87. The summed E-state index contributed by atoms with van der Waals surface area (Å²) in [6.45, 7) is 1.76. The molecule has 1 aromatic carbocycles. The molecule has 4 nitrogen and oxygen atoms in total. The number of likely N-dealkylation sites (tertiary alicyclic amines) is 1. The van der Waals surface area contributed by atoms with Crippen LogP contribution in [0.15, 0.2) is 36.4 Å². The molecule has 1 aliphatic heterocycles. The summed E-state index contributed by atoms with van der Waals surface area (Å²) >= 11 is 1.63. The molecule has 2 amide bonds. The number of thiophene rings is 1. The molecule has 1 fully saturated rings. The van der Waals surface area contributed by atoms with Crippen LogP contribution in [0.25, 0.3) is 0 Å². The van der Waals surface area contributed by atoms with Gasteiger partial charge in [-0.15, -0.1) is 11.3 Å². The Kier molecular flexibility index (Phi) is 4.57. The highest BCUT2D eigenvalue weighted by Gasteiger charge is 2.29. The Bertz CT molecular complexity index is 778. The number of nitrogens with one attached hydrogen (secondary N) is 1. The zero-order chi connectivity index (χ0) is 17.2. The number of anilines is 1. The number of benzene rings is 1. The predicted molar refractivity (Wildman–Crippen MR) is 100 cm³/mol. The second kappa shape index (κ2) is 7.00. The van der Waals surface area contributed by atoms with Crippen molar-refractivity contribution in [1.82, 2.24) is 4.90 Å². The average molecular weight is 354 g/mol. The lowest BCUT2D eigenvalue weighted by Gasteiger charge is -2.21. The van der Waals surface area contributed by atoms with E-state index in [1.54, 1.807) is 11.3 Å². The minimum absolute atomic E-state index is 0.0166. The van der Waals surface area contributed by atoms with Crippen LogP contribution in [0.2, 0.25) is 0 Å². The maximum absolute atomic E-state index is 12.6. The van der Waals surface area contributed by atoms with Gasteiger partial charge in [0.1, 0.15) is 0 Å². The van der Waals surface area contributed by atoms with E-state index >= 15 is 0 Å². The monoisotopic (exact) mass is 354 g/mol. The van der Waals surface area contributed by atoms with E-state index in [2.05, 4.69) is 5.32 Å². The molecule has 2 heterocycles. The van der Waals surface area contributed by atoms with Gasteiger partial charge in [-0.1, -0.05) is 18.2 Å². The molecular weight excluding hydrogens is 332 g/mol. The van der Waals surface area contributed by atoms with Crippen molar-refractivity contribution in [3.63, 3.8) is 0 Å². The fourth-order valence-electron chi connectivity index (χ4n) is 3.69. The van der Waals surface area contributed by atoms with Gasteiger partial charge < -0.3 is 10.2 Å². The molecule has 1 N–H and O–H groups in total. The van der Waals surface area contributed by atoms with E-state index < -0.39 is 0 Å². The third kappa shape index (κ3) is 3.47. The molecule has 1 aromatic heterocycles. The lowest BCUT2D eigenvalue weighted by molar-refractivity contribution is -0.120. The van der Waals surface area contributed by atoms with Crippen LogP contribution >= 0.6 is 11.3 Å². The van der Waals surface area contributed by atoms with Gasteiger partial charge in [-0.2, -0.15) is 0 Å². The van der Waals surface area contributed by atoms with Crippen LogP contribution in [0.3, 0.4) is 0 Å². The Morgan fingerprint density at radius 2 is 1.88 bits per heavy atom. The summed E-state index contributed by atoms with van der Waals surface area (Å²) in [5.74, 6) is 0.231. The first-order valence-electron chi connectivity index (χ1n) is 8.97. The Morgan fingerprint density at radius 1 is 1.12 bits per heavy atom. The van der Waals surface area contributed by atoms with E-state index in [0.29, 0.717) is 0 Å². The Morgan fingerprint density at radius 3 is 2.64 bits per heavy atom. The summed E-state index contributed by atoms with van der Waals surface area (Å²) in [5.41, 5.74) is 2.03. The molecule has 2 aromatic rings. The standard InChI is InChI=1S/C20H22N2O2S/c23-19(21-16-6-2-1-3-7-16)14-8-9-17-15(12-14)13-18(25-17)20(24)22-10-4-5-11-22/h1-3,6-7,13-14H,4-5,8-12H2,(H,21,23)/t14-/m1/s1. The summed E-state index contributed by atoms with van der Waals surface area (Å²) in [6, 6.07) is 11.6. The van der Waals surface area contributed by atoms with Crippen molar-refractivity contribution in [1.29, 1.82) is 0 Å². The van der Waals surface area contributed by atoms with Crippen LogP contribution in [0.4, 0.5) is 5.69 Å². The second-order valence-electron chi connectivity index (χ2n) is 6.85. The molecular formula is C20H22N2O2S. The van der Waals surface area contributed by atoms with Crippen molar-refractivity contribution < 1.29 is 9.59 Å². The van der Waals surface area contributed by atoms with Crippen molar-refractivity contribution in [3.8, 4) is 0 Å². The van der Waals surface area contributed by atoms with Crippen LogP contribution in [0.5, 0.6) is 0 Å². The van der Waals surface area contributed by atoms with E-state index in [9.17, 15) is 9.59 Å². The number of hydrogen-bond acceptors (Lipinski definition) is 3. The first-order valence-corrected chi connectivity index (χ1v) is 9.79. The Hall–Kier alpha value is -2.14. The highest BCUT2D eigenvalue weighted by molar-refractivity contribution is 7.14. The number of amides is 2. The van der Waals surface area contributed by atoms with Crippen molar-refractivity contribution >= 4 is 28.8 Å². The molecule has 25 heavy (non-hydrogen) atoms. The molecule has 1 atom stereocenters. The van der Waals surface area contributed by atoms with Crippen molar-refractivity contribution in [2.75, 3.05) is 18.4 Å². The minimum Gasteiger partial charge on any atom is -0.338 e. The SMILES string of the molecule is O=C(Nc1ccccc1)[C@@H]1CCc2sc(C(=O)N3CCCC3)cc2C1. The Balaban J connectivity index is 1.44. The maximum atomic E-state index is 12.6. The van der Waals surface area contributed by atoms with Gasteiger partial charge in [0.2, 0.25) is 5.91 Å². The predicted octanol–water partition coefficient (Wildman–Crippen LogP) is 3.73. The normalized spacial score (nSPS) is 19.5. The highest BCUT2D eigenvalue weighted by Crippen LogP contribution is 2.34. The van der Waals surface area contributed by atoms with E-state index in [-0.39, 0.29) is 17.7 Å². The van der Waals surface area contributed by atoms with Crippen LogP contribution in [-0.4, -0.2) is 29.8 Å². The molecule has 0 saturated carbocycles. The van der Waals surface area contributed by atoms with Crippen LogP contribution in [0.1, 0.15) is 39.4 Å². The molecule has 1 saturated heterocycles. The molecule has 1 aliphatic carbocycles. The number of carbonyl (C=O) groups excluding carboxylic acids is 2. The summed E-state index contributed by atoms with van der Waals surface area (Å²) in [5, 5.41) is 3.01. The van der Waals surface area contributed by atoms with Crippen molar-refractivity contribution in [2.24, 2.45) is 5.92 Å². The quantitative estimate of drug-likeness (QED) is 0.913. The number of fused-ring (bicyclic) bond motifs is 1. The van der Waals surface area contributed by atoms with Gasteiger partial charge in [0.05, 0.1) is 4.88 Å². The van der Waals surface area contributed by atoms with Gasteiger partial charge in [-0.05, 0) is 55.9 Å². The number of nitrogens with zero attached hydrogens (tertiary/aromatic N) is 1. The largest absolute Gasteiger partial charge is 0.338 e. The number of carbonyl (C=O) groups is 2. The summed E-state index contributed by atoms with van der Waals surface area (Å²) in [4.78, 5) is 29.2. The lowest BCUT2D eigenvalue weighted by atomic mass is 9.87. The van der Waals surface area contributed by atoms with Crippen molar-refractivity contribution in [2.45, 2.75) is 32.1 Å². The van der Waals surface area contributed by atoms with E-state index in [4.69, 9.17) is 0 Å². The van der Waals surface area contributed by atoms with E-state index in [1.165, 1.54) is 10.4 Å². The van der Waals surface area contributed by atoms with Crippen LogP contribution in [-0.2, 0) is 17.6 Å². The molecule has 0 unspecified atom stereocenters. The molecule has 0 bridgehead atoms. The molecule has 4 rings (SSSR count). The topological polar surface area (TPSA) is 49.4 Å². The summed E-state index contributed by atoms with van der Waals surface area (Å²) in [6.07, 6.45) is 4.69. The molecule has 5 heteroatoms. The van der Waals surface area contributed by atoms with Crippen LogP contribution in [0, 0.1) is 5.92 Å². The first-order chi connectivity index (χ1) is 12.2. The Labute approximate surface area is 151 Å². The van der Waals surface area contributed by atoms with Gasteiger partial charge in [-0.25, -0.2) is 0 Å². The third-order valence-corrected chi connectivity index (χ3v) is 6.32. The van der Waals surface area contributed by atoms with E-state index in [0.717, 1.165) is 55.8 Å². The highest BCUT2D eigenvalue weighted by atomic mass is 32.1. The van der Waals surface area contributed by atoms with E-state index in [1.807, 2.05) is 41.3 Å². The average Bonchev–Trinajstić information content (AvgIpc) is 3.31. The first kappa shape index (κ1) is 16.3. The van der Waals surface area contributed by atoms with Gasteiger partial charge in [0, 0.05) is 29.6 Å². The van der Waals surface area contributed by atoms with Crippen LogP contribution < -0.4 is 5.32 Å². The molecule has 130 valence electrons. The van der Waals surface area contributed by atoms with Gasteiger partial charge in [0.15, 0.2) is 0 Å². The molecule has 0 radical (unpaired) electrons.